The summed E-state index contributed by atoms with van der Waals surface area (Å²) in [5.41, 5.74) is 2.22. The minimum atomic E-state index is -3.62. The molecule has 0 aliphatic rings. The van der Waals surface area contributed by atoms with Crippen molar-refractivity contribution < 1.29 is 13.2 Å². The Kier molecular flexibility index (Phi) is 4.50. The first-order chi connectivity index (χ1) is 7.79. The summed E-state index contributed by atoms with van der Waals surface area (Å²) < 4.78 is 28.4. The van der Waals surface area contributed by atoms with Gasteiger partial charge in [-0.2, -0.15) is 12.7 Å². The summed E-state index contributed by atoms with van der Waals surface area (Å²) >= 11 is 0. The molecule has 0 saturated heterocycles. The van der Waals surface area contributed by atoms with Gasteiger partial charge in [-0.15, -0.1) is 0 Å². The molecule has 0 bridgehead atoms. The van der Waals surface area contributed by atoms with Crippen molar-refractivity contribution in [3.63, 3.8) is 0 Å². The Morgan fingerprint density at radius 3 is 2.24 bits per heavy atom. The number of hydrogen-bond acceptors (Lipinski definition) is 3. The zero-order chi connectivity index (χ0) is 13.1. The number of aryl methyl sites for hydroxylation is 2. The minimum absolute atomic E-state index is 0.228. The topological polar surface area (TPSA) is 72.6 Å². The average molecular weight is 258 g/mol. The highest BCUT2D eigenvalue weighted by molar-refractivity contribution is 7.86. The molecule has 0 spiro atoms. The second-order valence-electron chi connectivity index (χ2n) is 4.04. The van der Waals surface area contributed by atoms with Crippen LogP contribution in [0.15, 0.2) is 18.2 Å². The van der Waals surface area contributed by atoms with E-state index in [1.807, 2.05) is 32.0 Å². The quantitative estimate of drug-likeness (QED) is 0.849. The third-order valence-corrected chi connectivity index (χ3v) is 3.36. The fraction of sp³-hybridized carbons (Fsp3) is 0.455. The van der Waals surface area contributed by atoms with E-state index in [0.29, 0.717) is 0 Å². The zero-order valence-electron chi connectivity index (χ0n) is 10.3. The highest BCUT2D eigenvalue weighted by Crippen LogP contribution is 2.15. The van der Waals surface area contributed by atoms with Crippen LogP contribution in [-0.4, -0.2) is 32.9 Å². The van der Waals surface area contributed by atoms with E-state index in [-0.39, 0.29) is 13.2 Å². The van der Waals surface area contributed by atoms with Crippen molar-refractivity contribution >= 4 is 10.2 Å². The maximum atomic E-state index is 10.9. The van der Waals surface area contributed by atoms with E-state index < -0.39 is 10.2 Å². The van der Waals surface area contributed by atoms with Gasteiger partial charge in [-0.25, -0.2) is 5.14 Å². The predicted molar refractivity (Wildman–Crippen MR) is 67.1 cm³/mol. The number of benzene rings is 1. The Hall–Kier alpha value is -1.11. The second kappa shape index (κ2) is 5.48. The molecule has 0 heterocycles. The summed E-state index contributed by atoms with van der Waals surface area (Å²) in [6.45, 7) is 4.47. The van der Waals surface area contributed by atoms with Gasteiger partial charge in [-0.05, 0) is 37.1 Å². The molecule has 1 aromatic carbocycles. The Balaban J connectivity index is 2.52. The molecular formula is C11H18N2O3S. The Morgan fingerprint density at radius 1 is 1.24 bits per heavy atom. The molecule has 0 saturated carbocycles. The first-order valence-electron chi connectivity index (χ1n) is 5.24. The van der Waals surface area contributed by atoms with Gasteiger partial charge in [-0.3, -0.25) is 0 Å². The average Bonchev–Trinajstić information content (AvgIpc) is 2.14. The highest BCUT2D eigenvalue weighted by Gasteiger charge is 2.10. The van der Waals surface area contributed by atoms with Gasteiger partial charge >= 0.3 is 0 Å². The van der Waals surface area contributed by atoms with Crippen LogP contribution in [0.3, 0.4) is 0 Å². The van der Waals surface area contributed by atoms with Gasteiger partial charge in [0.05, 0.1) is 0 Å². The van der Waals surface area contributed by atoms with Crippen molar-refractivity contribution in [3.05, 3.63) is 29.3 Å². The molecule has 96 valence electrons. The molecule has 0 aliphatic heterocycles. The fourth-order valence-electron chi connectivity index (χ4n) is 1.44. The van der Waals surface area contributed by atoms with Gasteiger partial charge in [0.2, 0.25) is 0 Å². The van der Waals surface area contributed by atoms with Gasteiger partial charge in [-0.1, -0.05) is 6.07 Å². The molecule has 0 aromatic heterocycles. The van der Waals surface area contributed by atoms with Crippen LogP contribution in [0.5, 0.6) is 5.75 Å². The lowest BCUT2D eigenvalue weighted by molar-refractivity contribution is 0.286. The molecule has 17 heavy (non-hydrogen) atoms. The number of nitrogens with zero attached hydrogens (tertiary/aromatic N) is 1. The number of rotatable bonds is 5. The molecule has 1 aromatic rings. The van der Waals surface area contributed by atoms with Gasteiger partial charge < -0.3 is 4.74 Å². The molecule has 1 rings (SSSR count). The summed E-state index contributed by atoms with van der Waals surface area (Å²) in [6, 6.07) is 5.86. The molecule has 5 nitrogen and oxygen atoms in total. The normalized spacial score (nSPS) is 11.8. The lowest BCUT2D eigenvalue weighted by Crippen LogP contribution is -2.36. The molecule has 0 radical (unpaired) electrons. The van der Waals surface area contributed by atoms with Crippen molar-refractivity contribution in [2.45, 2.75) is 13.8 Å². The van der Waals surface area contributed by atoms with E-state index in [9.17, 15) is 8.42 Å². The van der Waals surface area contributed by atoms with Gasteiger partial charge in [0.1, 0.15) is 12.4 Å². The smallest absolute Gasteiger partial charge is 0.276 e. The molecular weight excluding hydrogens is 240 g/mol. The van der Waals surface area contributed by atoms with E-state index in [1.54, 1.807) is 0 Å². The van der Waals surface area contributed by atoms with Crippen LogP contribution in [0, 0.1) is 13.8 Å². The first kappa shape index (κ1) is 14.0. The number of hydrogen-bond donors (Lipinski definition) is 1. The van der Waals surface area contributed by atoms with E-state index in [2.05, 4.69) is 0 Å². The van der Waals surface area contributed by atoms with E-state index in [1.165, 1.54) is 7.05 Å². The molecule has 0 amide bonds. The molecule has 6 heteroatoms. The SMILES string of the molecule is Cc1cc(C)cc(OCCN(C)S(N)(=O)=O)c1. The predicted octanol–water partition coefficient (Wildman–Crippen LogP) is 0.818. The van der Waals surface area contributed by atoms with Crippen LogP contribution in [0.25, 0.3) is 0 Å². The van der Waals surface area contributed by atoms with Crippen molar-refractivity contribution in [2.75, 3.05) is 20.2 Å². The van der Waals surface area contributed by atoms with Crippen LogP contribution < -0.4 is 9.88 Å². The van der Waals surface area contributed by atoms with Crippen molar-refractivity contribution in [2.24, 2.45) is 5.14 Å². The lowest BCUT2D eigenvalue weighted by Gasteiger charge is -2.14. The third kappa shape index (κ3) is 4.72. The molecule has 0 aliphatic carbocycles. The van der Waals surface area contributed by atoms with Crippen LogP contribution in [0.4, 0.5) is 0 Å². The summed E-state index contributed by atoms with van der Waals surface area (Å²) in [6.07, 6.45) is 0. The van der Waals surface area contributed by atoms with Gasteiger partial charge in [0, 0.05) is 13.6 Å². The van der Waals surface area contributed by atoms with Gasteiger partial charge in [0.25, 0.3) is 10.2 Å². The Labute approximate surface area is 102 Å². The largest absolute Gasteiger partial charge is 0.492 e. The number of ether oxygens (including phenoxy) is 1. The van der Waals surface area contributed by atoms with Crippen molar-refractivity contribution in [3.8, 4) is 5.75 Å². The zero-order valence-corrected chi connectivity index (χ0v) is 11.1. The number of nitrogens with two attached hydrogens (primary N) is 1. The number of likely N-dealkylation sites (N-methyl/N-ethyl adjacent to an activating group) is 1. The molecule has 0 atom stereocenters. The minimum Gasteiger partial charge on any atom is -0.492 e. The maximum Gasteiger partial charge on any atom is 0.276 e. The fourth-order valence-corrected chi connectivity index (χ4v) is 1.76. The monoisotopic (exact) mass is 258 g/mol. The summed E-state index contributed by atoms with van der Waals surface area (Å²) in [7, 11) is -2.20. The first-order valence-corrected chi connectivity index (χ1v) is 6.74. The summed E-state index contributed by atoms with van der Waals surface area (Å²) in [4.78, 5) is 0. The molecule has 2 N–H and O–H groups in total. The molecule has 0 fully saturated rings. The standard InChI is InChI=1S/C11H18N2O3S/c1-9-6-10(2)8-11(7-9)16-5-4-13(3)17(12,14)15/h6-8H,4-5H2,1-3H3,(H2,12,14,15). The van der Waals surface area contributed by atoms with Crippen LogP contribution >= 0.6 is 0 Å². The van der Waals surface area contributed by atoms with Crippen LogP contribution in [0.1, 0.15) is 11.1 Å². The highest BCUT2D eigenvalue weighted by atomic mass is 32.2. The van der Waals surface area contributed by atoms with Crippen molar-refractivity contribution in [1.82, 2.24) is 4.31 Å². The van der Waals surface area contributed by atoms with Crippen molar-refractivity contribution in [1.29, 1.82) is 0 Å². The van der Waals surface area contributed by atoms with Crippen LogP contribution in [-0.2, 0) is 10.2 Å². The maximum absolute atomic E-state index is 10.9. The van der Waals surface area contributed by atoms with E-state index >= 15 is 0 Å². The Morgan fingerprint density at radius 2 is 1.76 bits per heavy atom. The lowest BCUT2D eigenvalue weighted by atomic mass is 10.1. The van der Waals surface area contributed by atoms with E-state index in [4.69, 9.17) is 9.88 Å². The second-order valence-corrected chi connectivity index (χ2v) is 5.69. The Bertz CT molecular complexity index is 465. The third-order valence-electron chi connectivity index (χ3n) is 2.30. The van der Waals surface area contributed by atoms with E-state index in [0.717, 1.165) is 21.2 Å². The summed E-state index contributed by atoms with van der Waals surface area (Å²) in [5, 5.41) is 4.95. The van der Waals surface area contributed by atoms with Crippen LogP contribution in [0.2, 0.25) is 0 Å². The summed E-state index contributed by atoms with van der Waals surface area (Å²) in [5.74, 6) is 0.741. The molecule has 0 unspecified atom stereocenters. The van der Waals surface area contributed by atoms with Gasteiger partial charge in [0.15, 0.2) is 0 Å².